The van der Waals surface area contributed by atoms with E-state index < -0.39 is 0 Å². The molecule has 0 radical (unpaired) electrons. The predicted octanol–water partition coefficient (Wildman–Crippen LogP) is 1.04. The number of imide groups is 1. The van der Waals surface area contributed by atoms with E-state index in [1.54, 1.807) is 4.90 Å². The van der Waals surface area contributed by atoms with Crippen molar-refractivity contribution in [3.8, 4) is 0 Å². The number of carbonyl (C=O) groups excluding carboxylic acids is 2. The monoisotopic (exact) mass is 236 g/mol. The topological polar surface area (TPSA) is 63.4 Å². The molecule has 0 aromatic heterocycles. The van der Waals surface area contributed by atoms with Crippen molar-refractivity contribution in [2.75, 3.05) is 0 Å². The van der Waals surface area contributed by atoms with Crippen LogP contribution in [0.15, 0.2) is 0 Å². The van der Waals surface area contributed by atoms with Gasteiger partial charge in [0.05, 0.1) is 17.9 Å². The first-order chi connectivity index (χ1) is 8.20. The van der Waals surface area contributed by atoms with Gasteiger partial charge in [-0.25, -0.2) is 0 Å². The SMILES string of the molecule is N[C@@H]1CCCC[C@H]1N1C(=O)C2CCCC2C1=O. The van der Waals surface area contributed by atoms with Crippen LogP contribution < -0.4 is 5.73 Å². The maximum Gasteiger partial charge on any atom is 0.233 e. The molecule has 2 saturated carbocycles. The second-order valence-corrected chi connectivity index (χ2v) is 5.71. The minimum atomic E-state index is -0.0191. The molecular formula is C13H20N2O2. The van der Waals surface area contributed by atoms with Crippen molar-refractivity contribution in [2.45, 2.75) is 57.0 Å². The second kappa shape index (κ2) is 4.09. The predicted molar refractivity (Wildman–Crippen MR) is 62.9 cm³/mol. The first kappa shape index (κ1) is 11.2. The van der Waals surface area contributed by atoms with Crippen LogP contribution in [0.5, 0.6) is 0 Å². The van der Waals surface area contributed by atoms with Crippen molar-refractivity contribution >= 4 is 11.8 Å². The molecule has 2 N–H and O–H groups in total. The minimum absolute atomic E-state index is 0.00419. The normalized spacial score (nSPS) is 42.1. The molecule has 3 fully saturated rings. The zero-order valence-electron chi connectivity index (χ0n) is 10.1. The van der Waals surface area contributed by atoms with E-state index in [2.05, 4.69) is 0 Å². The molecule has 0 bridgehead atoms. The third-order valence-electron chi connectivity index (χ3n) is 4.74. The Bertz CT molecular complexity index is 333. The quantitative estimate of drug-likeness (QED) is 0.692. The zero-order chi connectivity index (χ0) is 12.0. The van der Waals surface area contributed by atoms with E-state index >= 15 is 0 Å². The summed E-state index contributed by atoms with van der Waals surface area (Å²) in [4.78, 5) is 26.1. The Morgan fingerprint density at radius 1 is 0.882 bits per heavy atom. The summed E-state index contributed by atoms with van der Waals surface area (Å²) in [5.41, 5.74) is 6.09. The molecule has 4 atom stereocenters. The molecule has 0 aromatic rings. The fourth-order valence-corrected chi connectivity index (χ4v) is 3.80. The van der Waals surface area contributed by atoms with Crippen LogP contribution in [0.1, 0.15) is 44.9 Å². The molecule has 17 heavy (non-hydrogen) atoms. The van der Waals surface area contributed by atoms with Gasteiger partial charge < -0.3 is 5.73 Å². The van der Waals surface area contributed by atoms with Crippen LogP contribution in [-0.4, -0.2) is 28.8 Å². The number of hydrogen-bond donors (Lipinski definition) is 1. The maximum absolute atomic E-state index is 12.3. The van der Waals surface area contributed by atoms with Crippen molar-refractivity contribution in [3.05, 3.63) is 0 Å². The fourth-order valence-electron chi connectivity index (χ4n) is 3.80. The first-order valence-corrected chi connectivity index (χ1v) is 6.82. The Kier molecular flexibility index (Phi) is 2.69. The molecule has 0 aromatic carbocycles. The Morgan fingerprint density at radius 3 is 2.06 bits per heavy atom. The molecule has 3 aliphatic rings. The molecule has 4 nitrogen and oxygen atoms in total. The van der Waals surface area contributed by atoms with Crippen molar-refractivity contribution in [1.82, 2.24) is 4.90 Å². The average Bonchev–Trinajstić information content (AvgIpc) is 2.87. The van der Waals surface area contributed by atoms with Gasteiger partial charge in [0.15, 0.2) is 0 Å². The van der Waals surface area contributed by atoms with E-state index in [1.807, 2.05) is 0 Å². The first-order valence-electron chi connectivity index (χ1n) is 6.82. The lowest BCUT2D eigenvalue weighted by Crippen LogP contribution is -2.52. The lowest BCUT2D eigenvalue weighted by Gasteiger charge is -2.35. The standard InChI is InChI=1S/C13H20N2O2/c14-10-6-1-2-7-11(10)15-12(16)8-4-3-5-9(8)13(15)17/h8-11H,1-7,14H2/t8?,9?,10-,11-/m1/s1. The Labute approximate surface area is 102 Å². The van der Waals surface area contributed by atoms with Gasteiger partial charge in [0, 0.05) is 6.04 Å². The van der Waals surface area contributed by atoms with Crippen LogP contribution in [0.4, 0.5) is 0 Å². The molecular weight excluding hydrogens is 216 g/mol. The van der Waals surface area contributed by atoms with Crippen LogP contribution in [-0.2, 0) is 9.59 Å². The van der Waals surface area contributed by atoms with Crippen LogP contribution in [0.2, 0.25) is 0 Å². The molecule has 1 aliphatic heterocycles. The summed E-state index contributed by atoms with van der Waals surface area (Å²) in [5.74, 6) is 0.105. The number of amides is 2. The molecule has 1 saturated heterocycles. The third kappa shape index (κ3) is 1.61. The summed E-state index contributed by atoms with van der Waals surface area (Å²) in [6.07, 6.45) is 6.87. The van der Waals surface area contributed by atoms with Gasteiger partial charge in [-0.1, -0.05) is 19.3 Å². The van der Waals surface area contributed by atoms with E-state index in [0.717, 1.165) is 44.9 Å². The van der Waals surface area contributed by atoms with Crippen LogP contribution in [0, 0.1) is 11.8 Å². The minimum Gasteiger partial charge on any atom is -0.326 e. The van der Waals surface area contributed by atoms with Crippen molar-refractivity contribution in [1.29, 1.82) is 0 Å². The molecule has 3 rings (SSSR count). The highest BCUT2D eigenvalue weighted by molar-refractivity contribution is 6.05. The Morgan fingerprint density at radius 2 is 1.47 bits per heavy atom. The summed E-state index contributed by atoms with van der Waals surface area (Å²) in [5, 5.41) is 0. The zero-order valence-corrected chi connectivity index (χ0v) is 10.1. The molecule has 2 aliphatic carbocycles. The van der Waals surface area contributed by atoms with Gasteiger partial charge in [-0.2, -0.15) is 0 Å². The molecule has 0 spiro atoms. The van der Waals surface area contributed by atoms with Gasteiger partial charge in [0.1, 0.15) is 0 Å². The van der Waals surface area contributed by atoms with E-state index in [9.17, 15) is 9.59 Å². The number of carbonyl (C=O) groups is 2. The number of hydrogen-bond acceptors (Lipinski definition) is 3. The highest BCUT2D eigenvalue weighted by atomic mass is 16.2. The number of nitrogens with zero attached hydrogens (tertiary/aromatic N) is 1. The lowest BCUT2D eigenvalue weighted by atomic mass is 9.90. The Balaban J connectivity index is 1.83. The van der Waals surface area contributed by atoms with Crippen molar-refractivity contribution in [3.63, 3.8) is 0 Å². The molecule has 94 valence electrons. The largest absolute Gasteiger partial charge is 0.326 e. The van der Waals surface area contributed by atoms with E-state index in [0.29, 0.717) is 0 Å². The van der Waals surface area contributed by atoms with Crippen molar-refractivity contribution in [2.24, 2.45) is 17.6 Å². The van der Waals surface area contributed by atoms with Gasteiger partial charge in [-0.05, 0) is 25.7 Å². The van der Waals surface area contributed by atoms with Gasteiger partial charge in [0.2, 0.25) is 11.8 Å². The maximum atomic E-state index is 12.3. The van der Waals surface area contributed by atoms with Crippen LogP contribution >= 0.6 is 0 Å². The number of nitrogens with two attached hydrogens (primary N) is 1. The molecule has 4 heteroatoms. The summed E-state index contributed by atoms with van der Waals surface area (Å²) in [6, 6.07) is -0.0233. The number of rotatable bonds is 1. The molecule has 2 unspecified atom stereocenters. The van der Waals surface area contributed by atoms with E-state index in [4.69, 9.17) is 5.73 Å². The van der Waals surface area contributed by atoms with Gasteiger partial charge >= 0.3 is 0 Å². The lowest BCUT2D eigenvalue weighted by molar-refractivity contribution is -0.144. The number of fused-ring (bicyclic) bond motifs is 1. The summed E-state index contributed by atoms with van der Waals surface area (Å²) in [6.45, 7) is 0. The highest BCUT2D eigenvalue weighted by Gasteiger charge is 2.52. The third-order valence-corrected chi connectivity index (χ3v) is 4.74. The van der Waals surface area contributed by atoms with E-state index in [-0.39, 0.29) is 35.7 Å². The molecule has 2 amide bonds. The van der Waals surface area contributed by atoms with Gasteiger partial charge in [-0.3, -0.25) is 14.5 Å². The Hall–Kier alpha value is -0.900. The highest BCUT2D eigenvalue weighted by Crippen LogP contribution is 2.41. The average molecular weight is 236 g/mol. The summed E-state index contributed by atoms with van der Waals surface area (Å²) < 4.78 is 0. The van der Waals surface area contributed by atoms with E-state index in [1.165, 1.54) is 0 Å². The number of likely N-dealkylation sites (tertiary alicyclic amines) is 1. The summed E-state index contributed by atoms with van der Waals surface area (Å²) in [7, 11) is 0. The van der Waals surface area contributed by atoms with Crippen LogP contribution in [0.3, 0.4) is 0 Å². The molecule has 1 heterocycles. The van der Waals surface area contributed by atoms with Crippen LogP contribution in [0.25, 0.3) is 0 Å². The van der Waals surface area contributed by atoms with Crippen molar-refractivity contribution < 1.29 is 9.59 Å². The van der Waals surface area contributed by atoms with Gasteiger partial charge in [0.25, 0.3) is 0 Å². The van der Waals surface area contributed by atoms with Gasteiger partial charge in [-0.15, -0.1) is 0 Å². The summed E-state index contributed by atoms with van der Waals surface area (Å²) >= 11 is 0. The fraction of sp³-hybridized carbons (Fsp3) is 0.846. The second-order valence-electron chi connectivity index (χ2n) is 5.71. The smallest absolute Gasteiger partial charge is 0.233 e.